The van der Waals surface area contributed by atoms with E-state index in [1.54, 1.807) is 12.0 Å². The second-order valence-electron chi connectivity index (χ2n) is 11.1. The zero-order valence-corrected chi connectivity index (χ0v) is 19.5. The van der Waals surface area contributed by atoms with Crippen LogP contribution in [0.2, 0.25) is 0 Å². The molecular formula is C24H35NO7. The number of nitrogens with zero attached hydrogens (tertiary/aromatic N) is 1. The third kappa shape index (κ3) is 3.55. The van der Waals surface area contributed by atoms with Gasteiger partial charge in [-0.3, -0.25) is 4.79 Å². The van der Waals surface area contributed by atoms with Crippen molar-refractivity contribution in [2.75, 3.05) is 26.8 Å². The molecule has 0 bridgehead atoms. The minimum absolute atomic E-state index is 0.00722. The van der Waals surface area contributed by atoms with Crippen molar-refractivity contribution in [3.8, 4) is 0 Å². The van der Waals surface area contributed by atoms with E-state index >= 15 is 0 Å². The SMILES string of the molecule is CO[C@@H]1[C@H](OC(=O)N2CC3(CC(C(=O)O)C3)C2)CC[C@]2(CO2)[C@H]1[C@@]1(C)O[C@@H]1CC=C(C)C. The van der Waals surface area contributed by atoms with Gasteiger partial charge in [0.25, 0.3) is 0 Å². The average Bonchev–Trinajstić information content (AvgIpc) is 3.56. The minimum atomic E-state index is -0.734. The summed E-state index contributed by atoms with van der Waals surface area (Å²) in [6, 6.07) is 0. The Labute approximate surface area is 189 Å². The molecule has 8 heteroatoms. The molecule has 2 spiro atoms. The molecule has 32 heavy (non-hydrogen) atoms. The Balaban J connectivity index is 1.22. The Bertz CT molecular complexity index is 818. The quantitative estimate of drug-likeness (QED) is 0.491. The van der Waals surface area contributed by atoms with E-state index in [0.29, 0.717) is 39.0 Å². The molecule has 1 N–H and O–H groups in total. The van der Waals surface area contributed by atoms with Crippen LogP contribution in [0.3, 0.4) is 0 Å². The third-order valence-electron chi connectivity index (χ3n) is 8.51. The topological polar surface area (TPSA) is 101 Å². The van der Waals surface area contributed by atoms with Gasteiger partial charge in [-0.2, -0.15) is 0 Å². The standard InChI is InChI=1S/C24H35NO7/c1-14(2)5-6-17-22(3,32-17)19-18(29-4)16(7-8-24(19)13-30-24)31-21(28)25-11-23(12-25)9-15(10-23)20(26)27/h5,15-19H,6-13H2,1-4H3,(H,26,27)/t16-,17-,18-,19-,22+,24+/m1/s1. The monoisotopic (exact) mass is 449 g/mol. The number of epoxide rings is 2. The van der Waals surface area contributed by atoms with Crippen molar-refractivity contribution in [3.63, 3.8) is 0 Å². The summed E-state index contributed by atoms with van der Waals surface area (Å²) in [5, 5.41) is 9.11. The van der Waals surface area contributed by atoms with Gasteiger partial charge in [0, 0.05) is 25.6 Å². The Morgan fingerprint density at radius 2 is 1.94 bits per heavy atom. The van der Waals surface area contributed by atoms with Crippen LogP contribution in [-0.4, -0.2) is 78.4 Å². The van der Waals surface area contributed by atoms with E-state index in [4.69, 9.17) is 24.1 Å². The first-order chi connectivity index (χ1) is 15.1. The van der Waals surface area contributed by atoms with Crippen molar-refractivity contribution in [1.29, 1.82) is 0 Å². The number of rotatable bonds is 6. The van der Waals surface area contributed by atoms with E-state index in [-0.39, 0.29) is 52.9 Å². The summed E-state index contributed by atoms with van der Waals surface area (Å²) in [7, 11) is 1.68. The fraction of sp³-hybridized carbons (Fsp3) is 0.833. The number of allylic oxidation sites excluding steroid dienone is 1. The maximum absolute atomic E-state index is 12.9. The number of hydrogen-bond donors (Lipinski definition) is 1. The van der Waals surface area contributed by atoms with Gasteiger partial charge in [0.2, 0.25) is 0 Å². The molecule has 5 fully saturated rings. The molecule has 0 aromatic carbocycles. The molecule has 2 saturated carbocycles. The lowest BCUT2D eigenvalue weighted by Crippen LogP contribution is -2.65. The highest BCUT2D eigenvalue weighted by atomic mass is 16.6. The van der Waals surface area contributed by atoms with Gasteiger partial charge in [0.1, 0.15) is 23.4 Å². The summed E-state index contributed by atoms with van der Waals surface area (Å²) < 4.78 is 24.1. The molecule has 2 aliphatic carbocycles. The van der Waals surface area contributed by atoms with Crippen LogP contribution in [0.1, 0.15) is 52.9 Å². The third-order valence-corrected chi connectivity index (χ3v) is 8.51. The van der Waals surface area contributed by atoms with Gasteiger partial charge in [-0.25, -0.2) is 4.79 Å². The van der Waals surface area contributed by atoms with Gasteiger partial charge in [0.05, 0.1) is 24.5 Å². The molecule has 178 valence electrons. The Morgan fingerprint density at radius 3 is 2.50 bits per heavy atom. The molecular weight excluding hydrogens is 414 g/mol. The first-order valence-electron chi connectivity index (χ1n) is 11.8. The van der Waals surface area contributed by atoms with E-state index < -0.39 is 5.97 Å². The molecule has 5 aliphatic rings. The van der Waals surface area contributed by atoms with E-state index in [1.807, 2.05) is 0 Å². The summed E-state index contributed by atoms with van der Waals surface area (Å²) in [6.07, 6.45) is 5.07. The van der Waals surface area contributed by atoms with Gasteiger partial charge in [-0.1, -0.05) is 11.6 Å². The Morgan fingerprint density at radius 1 is 1.25 bits per heavy atom. The zero-order valence-electron chi connectivity index (χ0n) is 19.5. The number of carboxylic acid groups (broad SMARTS) is 1. The van der Waals surface area contributed by atoms with Crippen molar-refractivity contribution in [3.05, 3.63) is 11.6 Å². The molecule has 0 aromatic rings. The maximum Gasteiger partial charge on any atom is 0.410 e. The Hall–Kier alpha value is -1.64. The fourth-order valence-corrected chi connectivity index (χ4v) is 6.59. The molecule has 5 rings (SSSR count). The zero-order chi connectivity index (χ0) is 22.9. The summed E-state index contributed by atoms with van der Waals surface area (Å²) in [5.74, 6) is -0.992. The molecule has 3 saturated heterocycles. The molecule has 1 amide bonds. The number of aliphatic carboxylic acids is 1. The van der Waals surface area contributed by atoms with Crippen LogP contribution in [0, 0.1) is 17.3 Å². The van der Waals surface area contributed by atoms with Gasteiger partial charge in [-0.05, 0) is 52.9 Å². The highest BCUT2D eigenvalue weighted by Crippen LogP contribution is 2.60. The smallest absolute Gasteiger partial charge is 0.410 e. The molecule has 8 nitrogen and oxygen atoms in total. The second kappa shape index (κ2) is 7.43. The maximum atomic E-state index is 12.9. The second-order valence-corrected chi connectivity index (χ2v) is 11.1. The first-order valence-corrected chi connectivity index (χ1v) is 11.8. The van der Waals surface area contributed by atoms with Gasteiger partial charge >= 0.3 is 12.1 Å². The van der Waals surface area contributed by atoms with Crippen LogP contribution in [-0.2, 0) is 23.7 Å². The van der Waals surface area contributed by atoms with Crippen LogP contribution >= 0.6 is 0 Å². The largest absolute Gasteiger partial charge is 0.481 e. The normalized spacial score (nSPS) is 41.6. The number of carbonyl (C=O) groups excluding carboxylic acids is 1. The predicted octanol–water partition coefficient (Wildman–Crippen LogP) is 3.00. The van der Waals surface area contributed by atoms with Crippen LogP contribution in [0.5, 0.6) is 0 Å². The average molecular weight is 450 g/mol. The molecule has 6 atom stereocenters. The van der Waals surface area contributed by atoms with Gasteiger partial charge < -0.3 is 29.0 Å². The molecule has 0 radical (unpaired) electrons. The van der Waals surface area contributed by atoms with Gasteiger partial charge in [0.15, 0.2) is 0 Å². The van der Waals surface area contributed by atoms with Crippen LogP contribution in [0.4, 0.5) is 4.79 Å². The molecule has 3 heterocycles. The van der Waals surface area contributed by atoms with Crippen molar-refractivity contribution >= 4 is 12.1 Å². The first kappa shape index (κ1) is 22.2. The van der Waals surface area contributed by atoms with E-state index in [2.05, 4.69) is 26.8 Å². The van der Waals surface area contributed by atoms with E-state index in [1.165, 1.54) is 5.57 Å². The number of ether oxygens (including phenoxy) is 4. The summed E-state index contributed by atoms with van der Waals surface area (Å²) in [6.45, 7) is 8.18. The lowest BCUT2D eigenvalue weighted by molar-refractivity contribution is -0.161. The highest BCUT2D eigenvalue weighted by Gasteiger charge is 2.72. The fourth-order valence-electron chi connectivity index (χ4n) is 6.59. The molecule has 0 unspecified atom stereocenters. The number of methoxy groups -OCH3 is 1. The number of carboxylic acids is 1. The Kier molecular flexibility index (Phi) is 5.15. The highest BCUT2D eigenvalue weighted by molar-refractivity contribution is 5.73. The van der Waals surface area contributed by atoms with E-state index in [0.717, 1.165) is 12.8 Å². The van der Waals surface area contributed by atoms with Crippen LogP contribution in [0.25, 0.3) is 0 Å². The minimum Gasteiger partial charge on any atom is -0.481 e. The van der Waals surface area contributed by atoms with Crippen molar-refractivity contribution in [1.82, 2.24) is 4.90 Å². The number of amides is 1. The predicted molar refractivity (Wildman–Crippen MR) is 114 cm³/mol. The van der Waals surface area contributed by atoms with Crippen LogP contribution in [0.15, 0.2) is 11.6 Å². The van der Waals surface area contributed by atoms with Crippen molar-refractivity contribution in [2.24, 2.45) is 17.3 Å². The van der Waals surface area contributed by atoms with E-state index in [9.17, 15) is 9.59 Å². The summed E-state index contributed by atoms with van der Waals surface area (Å²) in [4.78, 5) is 25.6. The number of carbonyl (C=O) groups is 2. The molecule has 3 aliphatic heterocycles. The number of likely N-dealkylation sites (tertiary alicyclic amines) is 1. The lowest BCUT2D eigenvalue weighted by Gasteiger charge is -2.57. The molecule has 0 aromatic heterocycles. The number of hydrogen-bond acceptors (Lipinski definition) is 6. The van der Waals surface area contributed by atoms with Gasteiger partial charge in [-0.15, -0.1) is 0 Å². The van der Waals surface area contributed by atoms with Crippen molar-refractivity contribution in [2.45, 2.75) is 82.4 Å². The summed E-state index contributed by atoms with van der Waals surface area (Å²) >= 11 is 0. The summed E-state index contributed by atoms with van der Waals surface area (Å²) in [5.41, 5.74) is 0.660. The van der Waals surface area contributed by atoms with Crippen LogP contribution < -0.4 is 0 Å². The van der Waals surface area contributed by atoms with Crippen molar-refractivity contribution < 1.29 is 33.6 Å². The lowest BCUT2D eigenvalue weighted by atomic mass is 9.58.